The zero-order chi connectivity index (χ0) is 17.9. The summed E-state index contributed by atoms with van der Waals surface area (Å²) in [6.07, 6.45) is 11.4. The number of anilines is 1. The fraction of sp³-hybridized carbons (Fsp3) is 0.429. The van der Waals surface area contributed by atoms with Gasteiger partial charge in [0, 0.05) is 28.9 Å². The van der Waals surface area contributed by atoms with E-state index in [1.165, 1.54) is 50.1 Å². The Hall–Kier alpha value is -2.43. The molecule has 4 rings (SSSR count). The molecule has 26 heavy (non-hydrogen) atoms. The molecule has 0 aliphatic heterocycles. The highest BCUT2D eigenvalue weighted by atomic mass is 19.1. The van der Waals surface area contributed by atoms with Crippen molar-refractivity contribution in [1.82, 2.24) is 15.0 Å². The van der Waals surface area contributed by atoms with Gasteiger partial charge in [0.15, 0.2) is 0 Å². The number of halogens is 1. The van der Waals surface area contributed by atoms with E-state index >= 15 is 0 Å². The average molecular weight is 352 g/mol. The number of aryl methyl sites for hydroxylation is 1. The average Bonchev–Trinajstić information content (AvgIpc) is 3.07. The Kier molecular flexibility index (Phi) is 4.87. The van der Waals surface area contributed by atoms with Crippen LogP contribution in [0, 0.1) is 5.82 Å². The molecule has 0 bridgehead atoms. The van der Waals surface area contributed by atoms with Gasteiger partial charge in [0.2, 0.25) is 0 Å². The Morgan fingerprint density at radius 2 is 2.00 bits per heavy atom. The maximum absolute atomic E-state index is 13.3. The zero-order valence-electron chi connectivity index (χ0n) is 15.2. The Labute approximate surface area is 153 Å². The Balaban J connectivity index is 1.80. The second kappa shape index (κ2) is 7.44. The van der Waals surface area contributed by atoms with E-state index in [-0.39, 0.29) is 5.82 Å². The second-order valence-corrected chi connectivity index (χ2v) is 7.19. The van der Waals surface area contributed by atoms with E-state index in [0.29, 0.717) is 6.04 Å². The molecule has 0 aromatic carbocycles. The van der Waals surface area contributed by atoms with Gasteiger partial charge in [-0.25, -0.2) is 9.37 Å². The molecule has 1 aliphatic carbocycles. The van der Waals surface area contributed by atoms with Gasteiger partial charge in [0.1, 0.15) is 11.5 Å². The molecule has 0 amide bonds. The van der Waals surface area contributed by atoms with Crippen LogP contribution in [0.25, 0.3) is 22.3 Å². The highest BCUT2D eigenvalue weighted by molar-refractivity contribution is 5.98. The molecule has 1 fully saturated rings. The van der Waals surface area contributed by atoms with Crippen molar-refractivity contribution in [3.05, 3.63) is 42.1 Å². The van der Waals surface area contributed by atoms with Crippen LogP contribution in [0.2, 0.25) is 0 Å². The van der Waals surface area contributed by atoms with Crippen LogP contribution in [-0.4, -0.2) is 21.0 Å². The first-order valence-corrected chi connectivity index (χ1v) is 9.63. The number of pyridine rings is 2. The Morgan fingerprint density at radius 3 is 2.73 bits per heavy atom. The van der Waals surface area contributed by atoms with E-state index in [1.54, 1.807) is 6.07 Å². The first-order valence-electron chi connectivity index (χ1n) is 9.63. The summed E-state index contributed by atoms with van der Waals surface area (Å²) in [5, 5.41) is 4.87. The highest BCUT2D eigenvalue weighted by Gasteiger charge is 2.19. The SMILES string of the molecule is CCCc1cc2c(NC3CCCCC3)c(-c3ccc(F)cn3)cnc2[nH]1. The van der Waals surface area contributed by atoms with E-state index in [4.69, 9.17) is 0 Å². The van der Waals surface area contributed by atoms with Gasteiger partial charge in [-0.1, -0.05) is 32.6 Å². The summed E-state index contributed by atoms with van der Waals surface area (Å²) in [5.74, 6) is -0.323. The number of aromatic amines is 1. The third kappa shape index (κ3) is 3.43. The molecule has 1 saturated carbocycles. The predicted octanol–water partition coefficient (Wildman–Crippen LogP) is 5.46. The van der Waals surface area contributed by atoms with Crippen molar-refractivity contribution >= 4 is 16.7 Å². The third-order valence-corrected chi connectivity index (χ3v) is 5.19. The molecule has 3 heterocycles. The monoisotopic (exact) mass is 352 g/mol. The van der Waals surface area contributed by atoms with Crippen molar-refractivity contribution in [3.8, 4) is 11.3 Å². The lowest BCUT2D eigenvalue weighted by Crippen LogP contribution is -2.22. The van der Waals surface area contributed by atoms with Gasteiger partial charge >= 0.3 is 0 Å². The number of fused-ring (bicyclic) bond motifs is 1. The molecule has 0 radical (unpaired) electrons. The largest absolute Gasteiger partial charge is 0.381 e. The van der Waals surface area contributed by atoms with Crippen molar-refractivity contribution in [2.45, 2.75) is 57.9 Å². The molecule has 0 spiro atoms. The molecule has 1 aliphatic rings. The van der Waals surface area contributed by atoms with E-state index < -0.39 is 0 Å². The van der Waals surface area contributed by atoms with Crippen LogP contribution in [0.5, 0.6) is 0 Å². The summed E-state index contributed by atoms with van der Waals surface area (Å²) in [6, 6.07) is 5.85. The van der Waals surface area contributed by atoms with Gasteiger partial charge in [-0.2, -0.15) is 0 Å². The van der Waals surface area contributed by atoms with Gasteiger partial charge in [-0.05, 0) is 37.5 Å². The summed E-state index contributed by atoms with van der Waals surface area (Å²) in [7, 11) is 0. The first-order chi connectivity index (χ1) is 12.7. The van der Waals surface area contributed by atoms with Crippen LogP contribution in [0.4, 0.5) is 10.1 Å². The van der Waals surface area contributed by atoms with Crippen molar-refractivity contribution in [1.29, 1.82) is 0 Å². The third-order valence-electron chi connectivity index (χ3n) is 5.19. The van der Waals surface area contributed by atoms with E-state index in [2.05, 4.69) is 33.3 Å². The quantitative estimate of drug-likeness (QED) is 0.641. The Bertz CT molecular complexity index is 879. The van der Waals surface area contributed by atoms with E-state index in [0.717, 1.165) is 40.8 Å². The fourth-order valence-corrected chi connectivity index (χ4v) is 3.87. The number of aromatic nitrogens is 3. The van der Waals surface area contributed by atoms with Gasteiger partial charge in [-0.3, -0.25) is 4.98 Å². The summed E-state index contributed by atoms with van der Waals surface area (Å²) in [6.45, 7) is 2.17. The van der Waals surface area contributed by atoms with Crippen LogP contribution < -0.4 is 5.32 Å². The number of rotatable bonds is 5. The molecule has 5 heteroatoms. The molecule has 3 aromatic heterocycles. The lowest BCUT2D eigenvalue weighted by molar-refractivity contribution is 0.463. The molecule has 0 atom stereocenters. The zero-order valence-corrected chi connectivity index (χ0v) is 15.2. The minimum Gasteiger partial charge on any atom is -0.381 e. The smallest absolute Gasteiger partial charge is 0.141 e. The molecular formula is C21H25FN4. The van der Waals surface area contributed by atoms with Crippen molar-refractivity contribution in [2.75, 3.05) is 5.32 Å². The van der Waals surface area contributed by atoms with Gasteiger partial charge < -0.3 is 10.3 Å². The molecule has 3 aromatic rings. The number of hydrogen-bond acceptors (Lipinski definition) is 3. The van der Waals surface area contributed by atoms with Crippen LogP contribution in [-0.2, 0) is 6.42 Å². The molecule has 0 saturated heterocycles. The number of nitrogens with zero attached hydrogens (tertiary/aromatic N) is 2. The molecule has 136 valence electrons. The van der Waals surface area contributed by atoms with Crippen LogP contribution in [0.1, 0.15) is 51.1 Å². The molecular weight excluding hydrogens is 327 g/mol. The molecule has 0 unspecified atom stereocenters. The summed E-state index contributed by atoms with van der Waals surface area (Å²) >= 11 is 0. The van der Waals surface area contributed by atoms with Gasteiger partial charge in [0.05, 0.1) is 17.6 Å². The lowest BCUT2D eigenvalue weighted by Gasteiger charge is -2.25. The summed E-state index contributed by atoms with van der Waals surface area (Å²) in [5.41, 5.74) is 4.85. The predicted molar refractivity (Wildman–Crippen MR) is 104 cm³/mol. The minimum atomic E-state index is -0.323. The summed E-state index contributed by atoms with van der Waals surface area (Å²) < 4.78 is 13.3. The maximum Gasteiger partial charge on any atom is 0.141 e. The standard InChI is InChI=1S/C21H25FN4/c1-2-6-16-11-17-20(25-15-7-4-3-5-8-15)18(13-24-21(17)26-16)19-10-9-14(22)12-23-19/h9-13,15H,2-8H2,1H3,(H2,24,25,26). The van der Waals surface area contributed by atoms with Crippen LogP contribution in [0.15, 0.2) is 30.6 Å². The number of hydrogen-bond donors (Lipinski definition) is 2. The number of nitrogens with one attached hydrogen (secondary N) is 2. The van der Waals surface area contributed by atoms with Crippen LogP contribution in [0.3, 0.4) is 0 Å². The minimum absolute atomic E-state index is 0.323. The van der Waals surface area contributed by atoms with E-state index in [1.807, 2.05) is 6.20 Å². The van der Waals surface area contributed by atoms with Crippen molar-refractivity contribution < 1.29 is 4.39 Å². The summed E-state index contributed by atoms with van der Waals surface area (Å²) in [4.78, 5) is 12.3. The van der Waals surface area contributed by atoms with Crippen LogP contribution >= 0.6 is 0 Å². The Morgan fingerprint density at radius 1 is 1.15 bits per heavy atom. The van der Waals surface area contributed by atoms with E-state index in [9.17, 15) is 4.39 Å². The highest BCUT2D eigenvalue weighted by Crippen LogP contribution is 2.35. The molecule has 4 nitrogen and oxygen atoms in total. The topological polar surface area (TPSA) is 53.6 Å². The van der Waals surface area contributed by atoms with Gasteiger partial charge in [-0.15, -0.1) is 0 Å². The second-order valence-electron chi connectivity index (χ2n) is 7.19. The first kappa shape index (κ1) is 17.0. The van der Waals surface area contributed by atoms with Crippen molar-refractivity contribution in [3.63, 3.8) is 0 Å². The number of H-pyrrole nitrogens is 1. The van der Waals surface area contributed by atoms with Gasteiger partial charge in [0.25, 0.3) is 0 Å². The normalized spacial score (nSPS) is 15.5. The van der Waals surface area contributed by atoms with Crippen molar-refractivity contribution in [2.24, 2.45) is 0 Å². The maximum atomic E-state index is 13.3. The lowest BCUT2D eigenvalue weighted by atomic mass is 9.94. The molecule has 2 N–H and O–H groups in total. The fourth-order valence-electron chi connectivity index (χ4n) is 3.87.